The van der Waals surface area contributed by atoms with Crippen molar-refractivity contribution in [3.63, 3.8) is 0 Å². The molecule has 6 nitrogen and oxygen atoms in total. The van der Waals surface area contributed by atoms with E-state index in [-0.39, 0.29) is 30.1 Å². The van der Waals surface area contributed by atoms with Crippen molar-refractivity contribution in [3.8, 4) is 5.75 Å². The number of nitrogens with zero attached hydrogens (tertiary/aromatic N) is 3. The molecule has 1 saturated heterocycles. The second kappa shape index (κ2) is 13.0. The van der Waals surface area contributed by atoms with E-state index in [1.807, 2.05) is 66.7 Å². The number of aromatic nitrogens is 1. The van der Waals surface area contributed by atoms with Crippen LogP contribution in [0.1, 0.15) is 34.6 Å². The Balaban J connectivity index is 1.24. The van der Waals surface area contributed by atoms with Crippen LogP contribution in [-0.2, 0) is 29.1 Å². The van der Waals surface area contributed by atoms with Crippen LogP contribution < -0.4 is 4.74 Å². The highest BCUT2D eigenvalue weighted by atomic mass is 19.1. The van der Waals surface area contributed by atoms with Crippen LogP contribution in [0.3, 0.4) is 0 Å². The summed E-state index contributed by atoms with van der Waals surface area (Å²) in [5.41, 5.74) is 4.01. The average Bonchev–Trinajstić information content (AvgIpc) is 3.35. The Bertz CT molecular complexity index is 1410. The monoisotopic (exact) mass is 537 g/mol. The molecule has 2 heterocycles. The van der Waals surface area contributed by atoms with E-state index in [9.17, 15) is 14.0 Å². The number of halogens is 1. The van der Waals surface area contributed by atoms with Gasteiger partial charge < -0.3 is 14.5 Å². The highest BCUT2D eigenvalue weighted by molar-refractivity contribution is 5.86. The van der Waals surface area contributed by atoms with Gasteiger partial charge in [-0.15, -0.1) is 0 Å². The summed E-state index contributed by atoms with van der Waals surface area (Å²) in [5.74, 6) is 0.438. The number of rotatable bonds is 11. The molecule has 3 aromatic carbocycles. The summed E-state index contributed by atoms with van der Waals surface area (Å²) in [5, 5.41) is 0. The third-order valence-electron chi connectivity index (χ3n) is 7.13. The predicted molar refractivity (Wildman–Crippen MR) is 151 cm³/mol. The highest BCUT2D eigenvalue weighted by Crippen LogP contribution is 2.28. The van der Waals surface area contributed by atoms with E-state index in [4.69, 9.17) is 4.74 Å². The molecule has 0 bridgehead atoms. The Morgan fingerprint density at radius 1 is 0.900 bits per heavy atom. The first-order chi connectivity index (χ1) is 19.5. The molecular weight excluding hydrogens is 505 g/mol. The maximum absolute atomic E-state index is 13.6. The Hall–Kier alpha value is -4.52. The second-order valence-corrected chi connectivity index (χ2v) is 10.1. The van der Waals surface area contributed by atoms with Crippen molar-refractivity contribution < 1.29 is 18.7 Å². The van der Waals surface area contributed by atoms with E-state index in [2.05, 4.69) is 4.98 Å². The van der Waals surface area contributed by atoms with Crippen LogP contribution in [0.15, 0.2) is 103 Å². The SMILES string of the molecule is O=C(CN1CC(c2ccccc2)CC1=O)N(Cc1ccncc1)Cc1cccc(OCCc2ccc(F)cc2)c1. The van der Waals surface area contributed by atoms with Crippen LogP contribution in [0.4, 0.5) is 4.39 Å². The molecule has 0 N–H and O–H groups in total. The van der Waals surface area contributed by atoms with Crippen LogP contribution in [0.25, 0.3) is 0 Å². The van der Waals surface area contributed by atoms with E-state index < -0.39 is 0 Å². The summed E-state index contributed by atoms with van der Waals surface area (Å²) >= 11 is 0. The first-order valence-electron chi connectivity index (χ1n) is 13.5. The van der Waals surface area contributed by atoms with Crippen molar-refractivity contribution in [3.05, 3.63) is 131 Å². The van der Waals surface area contributed by atoms with E-state index >= 15 is 0 Å². The van der Waals surface area contributed by atoms with Gasteiger partial charge in [-0.05, 0) is 58.7 Å². The Kier molecular flexibility index (Phi) is 8.81. The molecule has 2 amide bonds. The molecule has 0 radical (unpaired) electrons. The van der Waals surface area contributed by atoms with Gasteiger partial charge in [-0.1, -0.05) is 54.6 Å². The molecule has 4 aromatic rings. The maximum atomic E-state index is 13.6. The Labute approximate surface area is 234 Å². The smallest absolute Gasteiger partial charge is 0.242 e. The number of pyridine rings is 1. The van der Waals surface area contributed by atoms with Crippen LogP contribution in [0.5, 0.6) is 5.75 Å². The summed E-state index contributed by atoms with van der Waals surface area (Å²) in [6.07, 6.45) is 4.49. The quantitative estimate of drug-likeness (QED) is 0.258. The lowest BCUT2D eigenvalue weighted by Gasteiger charge is -2.26. The normalized spacial score (nSPS) is 14.8. The zero-order chi connectivity index (χ0) is 27.7. The topological polar surface area (TPSA) is 62.7 Å². The molecule has 0 saturated carbocycles. The van der Waals surface area contributed by atoms with Gasteiger partial charge in [0.1, 0.15) is 11.6 Å². The van der Waals surface area contributed by atoms with Gasteiger partial charge in [-0.2, -0.15) is 0 Å². The first-order valence-corrected chi connectivity index (χ1v) is 13.5. The maximum Gasteiger partial charge on any atom is 0.242 e. The fourth-order valence-electron chi connectivity index (χ4n) is 4.97. The van der Waals surface area contributed by atoms with E-state index in [1.165, 1.54) is 12.1 Å². The highest BCUT2D eigenvalue weighted by Gasteiger charge is 2.32. The summed E-state index contributed by atoms with van der Waals surface area (Å²) < 4.78 is 19.1. The molecule has 7 heteroatoms. The van der Waals surface area contributed by atoms with Crippen LogP contribution in [-0.4, -0.2) is 46.3 Å². The van der Waals surface area contributed by atoms with Crippen molar-refractivity contribution in [2.24, 2.45) is 0 Å². The fourth-order valence-corrected chi connectivity index (χ4v) is 4.97. The number of hydrogen-bond acceptors (Lipinski definition) is 4. The van der Waals surface area contributed by atoms with Crippen LogP contribution >= 0.6 is 0 Å². The Morgan fingerprint density at radius 3 is 2.42 bits per heavy atom. The van der Waals surface area contributed by atoms with E-state index in [0.29, 0.717) is 44.8 Å². The van der Waals surface area contributed by atoms with Crippen LogP contribution in [0, 0.1) is 5.82 Å². The molecule has 1 aliphatic heterocycles. The molecule has 1 unspecified atom stereocenters. The Morgan fingerprint density at radius 2 is 1.65 bits per heavy atom. The number of ether oxygens (including phenoxy) is 1. The van der Waals surface area contributed by atoms with Crippen molar-refractivity contribution >= 4 is 11.8 Å². The number of hydrogen-bond donors (Lipinski definition) is 0. The summed E-state index contributed by atoms with van der Waals surface area (Å²) in [6.45, 7) is 1.81. The molecule has 1 aliphatic rings. The number of amides is 2. The third-order valence-corrected chi connectivity index (χ3v) is 7.13. The number of benzene rings is 3. The van der Waals surface area contributed by atoms with Gasteiger partial charge in [-0.3, -0.25) is 14.6 Å². The number of carbonyl (C=O) groups is 2. The van der Waals surface area contributed by atoms with Crippen molar-refractivity contribution in [2.75, 3.05) is 19.7 Å². The summed E-state index contributed by atoms with van der Waals surface area (Å²) in [6, 6.07) is 27.9. The largest absolute Gasteiger partial charge is 0.493 e. The van der Waals surface area contributed by atoms with E-state index in [0.717, 1.165) is 22.3 Å². The number of likely N-dealkylation sites (tertiary alicyclic amines) is 1. The van der Waals surface area contributed by atoms with Gasteiger partial charge in [0.25, 0.3) is 0 Å². The van der Waals surface area contributed by atoms with Crippen LogP contribution in [0.2, 0.25) is 0 Å². The minimum Gasteiger partial charge on any atom is -0.493 e. The first kappa shape index (κ1) is 27.1. The molecule has 1 aromatic heterocycles. The predicted octanol–water partition coefficient (Wildman–Crippen LogP) is 5.39. The second-order valence-electron chi connectivity index (χ2n) is 10.1. The molecule has 1 atom stereocenters. The van der Waals surface area contributed by atoms with Gasteiger partial charge in [0.15, 0.2) is 0 Å². The lowest BCUT2D eigenvalue weighted by Crippen LogP contribution is -2.40. The van der Waals surface area contributed by atoms with E-state index in [1.54, 1.807) is 34.3 Å². The van der Waals surface area contributed by atoms with Gasteiger partial charge in [0.2, 0.25) is 11.8 Å². The molecule has 0 spiro atoms. The van der Waals surface area contributed by atoms with Gasteiger partial charge >= 0.3 is 0 Å². The molecule has 40 heavy (non-hydrogen) atoms. The minimum atomic E-state index is -0.256. The van der Waals surface area contributed by atoms with Gasteiger partial charge in [-0.25, -0.2) is 4.39 Å². The lowest BCUT2D eigenvalue weighted by molar-refractivity contribution is -0.139. The van der Waals surface area contributed by atoms with Gasteiger partial charge in [0.05, 0.1) is 13.2 Å². The standard InChI is InChI=1S/C33H32FN3O3/c34-30-11-9-25(10-12-30)15-18-40-31-8-4-5-27(19-31)22-36(21-26-13-16-35-17-14-26)33(39)24-37-23-29(20-32(37)38)28-6-2-1-3-7-28/h1-14,16-17,19,29H,15,18,20-24H2. The zero-order valence-corrected chi connectivity index (χ0v) is 22.3. The minimum absolute atomic E-state index is 0.00242. The van der Waals surface area contributed by atoms with Crippen molar-refractivity contribution in [1.82, 2.24) is 14.8 Å². The molecule has 0 aliphatic carbocycles. The summed E-state index contributed by atoms with van der Waals surface area (Å²) in [7, 11) is 0. The molecule has 5 rings (SSSR count). The van der Waals surface area contributed by atoms with Crippen molar-refractivity contribution in [1.29, 1.82) is 0 Å². The molecule has 204 valence electrons. The third kappa shape index (κ3) is 7.32. The molecular formula is C33H32FN3O3. The van der Waals surface area contributed by atoms with Crippen molar-refractivity contribution in [2.45, 2.75) is 31.8 Å². The number of carbonyl (C=O) groups excluding carboxylic acids is 2. The average molecular weight is 538 g/mol. The molecule has 1 fully saturated rings. The van der Waals surface area contributed by atoms with Gasteiger partial charge in [0, 0.05) is 50.8 Å². The summed E-state index contributed by atoms with van der Waals surface area (Å²) in [4.78, 5) is 33.9. The lowest BCUT2D eigenvalue weighted by atomic mass is 9.99. The fraction of sp³-hybridized carbons (Fsp3) is 0.242. The zero-order valence-electron chi connectivity index (χ0n) is 22.3.